The van der Waals surface area contributed by atoms with Gasteiger partial charge in [0.15, 0.2) is 0 Å². The fraction of sp³-hybridized carbons (Fsp3) is 0.0800. The Balaban J connectivity index is 1.89. The summed E-state index contributed by atoms with van der Waals surface area (Å²) in [4.78, 5) is 36.7. The molecule has 0 saturated carbocycles. The molecule has 1 heterocycles. The Kier molecular flexibility index (Phi) is 5.82. The quantitative estimate of drug-likeness (QED) is 0.358. The van der Waals surface area contributed by atoms with Crippen LogP contribution in [-0.4, -0.2) is 20.6 Å². The highest BCUT2D eigenvalue weighted by Crippen LogP contribution is 2.28. The maximum atomic E-state index is 13.2. The summed E-state index contributed by atoms with van der Waals surface area (Å²) in [5, 5.41) is 18.2. The average Bonchev–Trinajstić information content (AvgIpc) is 2.83. The van der Waals surface area contributed by atoms with Crippen LogP contribution in [0.4, 0.5) is 11.5 Å². The van der Waals surface area contributed by atoms with Crippen molar-refractivity contribution in [3.63, 3.8) is 0 Å². The SMILES string of the molecule is Cc1ccc(-c2c(NC(=O)c3ccc([N+](=O)[O-])cc3)n(-c3ccccc3)nc(C)c2=O)cc1. The van der Waals surface area contributed by atoms with Gasteiger partial charge in [0.05, 0.1) is 16.2 Å². The molecular weight excluding hydrogens is 420 g/mol. The van der Waals surface area contributed by atoms with E-state index in [0.29, 0.717) is 16.8 Å². The highest BCUT2D eigenvalue weighted by atomic mass is 16.6. The maximum Gasteiger partial charge on any atom is 0.269 e. The molecule has 0 atom stereocenters. The molecule has 3 aromatic carbocycles. The second-order valence-electron chi connectivity index (χ2n) is 7.51. The third-order valence-electron chi connectivity index (χ3n) is 5.17. The van der Waals surface area contributed by atoms with Crippen LogP contribution in [0.25, 0.3) is 16.8 Å². The van der Waals surface area contributed by atoms with Crippen molar-refractivity contribution in [3.05, 3.63) is 116 Å². The predicted molar refractivity (Wildman–Crippen MR) is 126 cm³/mol. The number of hydrogen-bond acceptors (Lipinski definition) is 5. The third-order valence-corrected chi connectivity index (χ3v) is 5.17. The molecule has 1 aromatic heterocycles. The van der Waals surface area contributed by atoms with Crippen LogP contribution in [0.2, 0.25) is 0 Å². The monoisotopic (exact) mass is 440 g/mol. The van der Waals surface area contributed by atoms with E-state index >= 15 is 0 Å². The number of para-hydroxylation sites is 1. The number of amides is 1. The van der Waals surface area contributed by atoms with E-state index in [2.05, 4.69) is 10.4 Å². The Morgan fingerprint density at radius 3 is 2.18 bits per heavy atom. The number of anilines is 1. The molecule has 0 aliphatic rings. The third kappa shape index (κ3) is 4.40. The Labute approximate surface area is 189 Å². The van der Waals surface area contributed by atoms with Crippen molar-refractivity contribution < 1.29 is 9.72 Å². The summed E-state index contributed by atoms with van der Waals surface area (Å²) >= 11 is 0. The minimum atomic E-state index is -0.534. The van der Waals surface area contributed by atoms with Crippen LogP contribution in [-0.2, 0) is 0 Å². The van der Waals surface area contributed by atoms with E-state index in [9.17, 15) is 19.7 Å². The number of aromatic nitrogens is 2. The van der Waals surface area contributed by atoms with E-state index in [-0.39, 0.29) is 28.2 Å². The zero-order valence-corrected chi connectivity index (χ0v) is 18.0. The fourth-order valence-electron chi connectivity index (χ4n) is 3.41. The van der Waals surface area contributed by atoms with Crippen LogP contribution in [0.5, 0.6) is 0 Å². The molecule has 0 saturated heterocycles. The van der Waals surface area contributed by atoms with Crippen LogP contribution in [0, 0.1) is 24.0 Å². The van der Waals surface area contributed by atoms with Gasteiger partial charge in [-0.2, -0.15) is 5.10 Å². The number of hydrogen-bond donors (Lipinski definition) is 1. The van der Waals surface area contributed by atoms with Crippen LogP contribution < -0.4 is 10.7 Å². The molecule has 8 heteroatoms. The molecule has 164 valence electrons. The molecule has 0 fully saturated rings. The fourth-order valence-corrected chi connectivity index (χ4v) is 3.41. The summed E-state index contributed by atoms with van der Waals surface area (Å²) in [7, 11) is 0. The van der Waals surface area contributed by atoms with Crippen LogP contribution >= 0.6 is 0 Å². The molecule has 1 amide bonds. The molecule has 33 heavy (non-hydrogen) atoms. The van der Waals surface area contributed by atoms with E-state index in [1.807, 2.05) is 61.5 Å². The number of nitro benzene ring substituents is 1. The number of benzene rings is 3. The van der Waals surface area contributed by atoms with Gasteiger partial charge in [-0.15, -0.1) is 0 Å². The second-order valence-corrected chi connectivity index (χ2v) is 7.51. The lowest BCUT2D eigenvalue weighted by atomic mass is 10.0. The van der Waals surface area contributed by atoms with Gasteiger partial charge in [-0.05, 0) is 43.7 Å². The van der Waals surface area contributed by atoms with Gasteiger partial charge in [0.2, 0.25) is 5.43 Å². The number of nitrogens with one attached hydrogen (secondary N) is 1. The minimum absolute atomic E-state index is 0.120. The highest BCUT2D eigenvalue weighted by molar-refractivity contribution is 6.06. The average molecular weight is 440 g/mol. The lowest BCUT2D eigenvalue weighted by Gasteiger charge is -2.18. The topological polar surface area (TPSA) is 107 Å². The lowest BCUT2D eigenvalue weighted by Crippen LogP contribution is -2.25. The number of rotatable bonds is 5. The van der Waals surface area contributed by atoms with Crippen LogP contribution in [0.15, 0.2) is 83.7 Å². The van der Waals surface area contributed by atoms with Crippen molar-refractivity contribution in [1.82, 2.24) is 9.78 Å². The minimum Gasteiger partial charge on any atom is -0.306 e. The van der Waals surface area contributed by atoms with Crippen molar-refractivity contribution in [2.45, 2.75) is 13.8 Å². The summed E-state index contributed by atoms with van der Waals surface area (Å²) in [6.07, 6.45) is 0. The highest BCUT2D eigenvalue weighted by Gasteiger charge is 2.21. The summed E-state index contributed by atoms with van der Waals surface area (Å²) in [6.45, 7) is 3.57. The van der Waals surface area contributed by atoms with E-state index in [4.69, 9.17) is 0 Å². The first kappa shape index (κ1) is 21.6. The van der Waals surface area contributed by atoms with Crippen LogP contribution in [0.1, 0.15) is 21.6 Å². The van der Waals surface area contributed by atoms with Gasteiger partial charge in [-0.1, -0.05) is 48.0 Å². The molecule has 0 aliphatic carbocycles. The molecule has 0 spiro atoms. The lowest BCUT2D eigenvalue weighted by molar-refractivity contribution is -0.384. The standard InChI is InChI=1S/C25H20N4O4/c1-16-8-10-18(11-9-16)22-23(30)17(2)27-28(20-6-4-3-5-7-20)24(22)26-25(31)19-12-14-21(15-13-19)29(32)33/h3-15H,1-2H3,(H,26,31). The Morgan fingerprint density at radius 1 is 0.939 bits per heavy atom. The second kappa shape index (κ2) is 8.88. The number of nitrogens with zero attached hydrogens (tertiary/aromatic N) is 3. The van der Waals surface area contributed by atoms with Gasteiger partial charge in [0, 0.05) is 17.7 Å². The first-order valence-electron chi connectivity index (χ1n) is 10.2. The Hall–Kier alpha value is -4.59. The largest absolute Gasteiger partial charge is 0.306 e. The van der Waals surface area contributed by atoms with E-state index in [1.165, 1.54) is 28.9 Å². The molecule has 0 radical (unpaired) electrons. The van der Waals surface area contributed by atoms with E-state index < -0.39 is 10.8 Å². The first-order chi connectivity index (χ1) is 15.8. The number of non-ortho nitro benzene ring substituents is 1. The summed E-state index contributed by atoms with van der Waals surface area (Å²) in [5.41, 5.74) is 2.71. The predicted octanol–water partition coefficient (Wildman–Crippen LogP) is 4.68. The molecule has 0 bridgehead atoms. The van der Waals surface area contributed by atoms with Gasteiger partial charge in [-0.25, -0.2) is 4.68 Å². The number of aryl methyl sites for hydroxylation is 2. The molecule has 4 rings (SSSR count). The van der Waals surface area contributed by atoms with Gasteiger partial charge in [0.25, 0.3) is 11.6 Å². The van der Waals surface area contributed by atoms with E-state index in [0.717, 1.165) is 5.56 Å². The molecule has 0 unspecified atom stereocenters. The zero-order chi connectivity index (χ0) is 23.5. The van der Waals surface area contributed by atoms with Gasteiger partial charge < -0.3 is 5.32 Å². The number of carbonyl (C=O) groups is 1. The van der Waals surface area contributed by atoms with Crippen molar-refractivity contribution in [1.29, 1.82) is 0 Å². The van der Waals surface area contributed by atoms with Gasteiger partial charge >= 0.3 is 0 Å². The Morgan fingerprint density at radius 2 is 1.58 bits per heavy atom. The van der Waals surface area contributed by atoms with Crippen molar-refractivity contribution >= 4 is 17.4 Å². The Bertz CT molecular complexity index is 1390. The summed E-state index contributed by atoms with van der Waals surface area (Å²) in [6, 6.07) is 21.8. The number of nitro groups is 1. The molecular formula is C25H20N4O4. The number of carbonyl (C=O) groups excluding carboxylic acids is 1. The molecule has 4 aromatic rings. The van der Waals surface area contributed by atoms with Gasteiger partial charge in [-0.3, -0.25) is 19.7 Å². The van der Waals surface area contributed by atoms with Gasteiger partial charge in [0.1, 0.15) is 11.5 Å². The van der Waals surface area contributed by atoms with Crippen molar-refractivity contribution in [3.8, 4) is 16.8 Å². The normalized spacial score (nSPS) is 10.6. The first-order valence-corrected chi connectivity index (χ1v) is 10.2. The van der Waals surface area contributed by atoms with Crippen molar-refractivity contribution in [2.24, 2.45) is 0 Å². The molecule has 8 nitrogen and oxygen atoms in total. The van der Waals surface area contributed by atoms with Crippen molar-refractivity contribution in [2.75, 3.05) is 5.32 Å². The summed E-state index contributed by atoms with van der Waals surface area (Å²) < 4.78 is 1.52. The smallest absolute Gasteiger partial charge is 0.269 e. The van der Waals surface area contributed by atoms with E-state index in [1.54, 1.807) is 6.92 Å². The zero-order valence-electron chi connectivity index (χ0n) is 18.0. The molecule has 0 aliphatic heterocycles. The summed E-state index contributed by atoms with van der Waals surface area (Å²) in [5.74, 6) is -0.308. The maximum absolute atomic E-state index is 13.2. The molecule has 1 N–H and O–H groups in total. The van der Waals surface area contributed by atoms with Crippen LogP contribution in [0.3, 0.4) is 0 Å².